The summed E-state index contributed by atoms with van der Waals surface area (Å²) in [5, 5.41) is 0. The predicted molar refractivity (Wildman–Crippen MR) is 62.6 cm³/mol. The van der Waals surface area contributed by atoms with E-state index in [1.54, 1.807) is 18.5 Å². The molecule has 0 saturated carbocycles. The zero-order chi connectivity index (χ0) is 11.7. The Bertz CT molecular complexity index is 664. The van der Waals surface area contributed by atoms with Gasteiger partial charge >= 0.3 is 0 Å². The molecular weight excluding hydrogens is 218 g/mol. The Morgan fingerprint density at radius 1 is 1.12 bits per heavy atom. The Morgan fingerprint density at radius 2 is 2.00 bits per heavy atom. The maximum atomic E-state index is 5.79. The summed E-state index contributed by atoms with van der Waals surface area (Å²) in [5.74, 6) is 0.965. The number of H-pyrrole nitrogens is 1. The molecule has 0 aliphatic heterocycles. The van der Waals surface area contributed by atoms with E-state index in [0.717, 1.165) is 0 Å². The van der Waals surface area contributed by atoms with Crippen molar-refractivity contribution in [3.8, 4) is 11.6 Å². The van der Waals surface area contributed by atoms with Gasteiger partial charge in [0.05, 0.1) is 12.0 Å². The number of nitrogens with two attached hydrogens (primary N) is 1. The van der Waals surface area contributed by atoms with Gasteiger partial charge in [-0.15, -0.1) is 0 Å². The van der Waals surface area contributed by atoms with E-state index in [0.29, 0.717) is 28.5 Å². The van der Waals surface area contributed by atoms with E-state index >= 15 is 0 Å². The molecule has 0 spiro atoms. The first-order valence-corrected chi connectivity index (χ1v) is 5.01. The monoisotopic (exact) mass is 227 g/mol. The molecule has 6 heteroatoms. The van der Waals surface area contributed by atoms with Crippen molar-refractivity contribution in [2.75, 3.05) is 5.73 Å². The zero-order valence-corrected chi connectivity index (χ0v) is 8.79. The molecule has 3 N–H and O–H groups in total. The number of ether oxygens (including phenoxy) is 1. The second kappa shape index (κ2) is 3.75. The number of hydrogen-bond donors (Lipinski definition) is 2. The summed E-state index contributed by atoms with van der Waals surface area (Å²) in [5.41, 5.74) is 7.56. The number of nitrogens with one attached hydrogen (secondary N) is 1. The summed E-state index contributed by atoms with van der Waals surface area (Å²) >= 11 is 0. The molecule has 0 saturated heterocycles. The van der Waals surface area contributed by atoms with Crippen LogP contribution in [0, 0.1) is 0 Å². The average molecular weight is 227 g/mol. The smallest absolute Gasteiger partial charge is 0.248 e. The lowest BCUT2D eigenvalue weighted by Gasteiger charge is -2.06. The lowest BCUT2D eigenvalue weighted by atomic mass is 10.3. The molecule has 0 unspecified atom stereocenters. The molecule has 0 radical (unpaired) electrons. The number of hydrogen-bond acceptors (Lipinski definition) is 5. The predicted octanol–water partition coefficient (Wildman–Crippen LogP) is 1.73. The van der Waals surface area contributed by atoms with Crippen LogP contribution in [0.1, 0.15) is 0 Å². The van der Waals surface area contributed by atoms with Crippen molar-refractivity contribution in [2.24, 2.45) is 0 Å². The first kappa shape index (κ1) is 9.59. The Labute approximate surface area is 96.5 Å². The van der Waals surface area contributed by atoms with Crippen LogP contribution in [0.25, 0.3) is 11.2 Å². The highest BCUT2D eigenvalue weighted by molar-refractivity contribution is 5.75. The molecule has 6 nitrogen and oxygen atoms in total. The molecule has 3 rings (SSSR count). The van der Waals surface area contributed by atoms with Gasteiger partial charge in [0, 0.05) is 0 Å². The van der Waals surface area contributed by atoms with Crippen molar-refractivity contribution >= 4 is 16.9 Å². The largest absolute Gasteiger partial charge is 0.435 e. The van der Waals surface area contributed by atoms with E-state index in [2.05, 4.69) is 19.9 Å². The van der Waals surface area contributed by atoms with E-state index in [1.165, 1.54) is 6.33 Å². The summed E-state index contributed by atoms with van der Waals surface area (Å²) in [6.07, 6.45) is 2.94. The molecule has 0 fully saturated rings. The van der Waals surface area contributed by atoms with E-state index < -0.39 is 0 Å². The number of para-hydroxylation sites is 2. The maximum absolute atomic E-state index is 5.79. The number of rotatable bonds is 2. The van der Waals surface area contributed by atoms with Gasteiger partial charge in [0.2, 0.25) is 5.88 Å². The molecule has 0 amide bonds. The van der Waals surface area contributed by atoms with Crippen molar-refractivity contribution < 1.29 is 4.74 Å². The van der Waals surface area contributed by atoms with Crippen molar-refractivity contribution in [1.82, 2.24) is 19.9 Å². The van der Waals surface area contributed by atoms with Gasteiger partial charge < -0.3 is 15.5 Å². The number of aromatic amines is 1. The van der Waals surface area contributed by atoms with E-state index in [1.807, 2.05) is 12.1 Å². The number of aromatic nitrogens is 4. The molecule has 1 aromatic carbocycles. The van der Waals surface area contributed by atoms with Crippen molar-refractivity contribution in [3.05, 3.63) is 36.9 Å². The summed E-state index contributed by atoms with van der Waals surface area (Å²) in [6, 6.07) is 7.23. The van der Waals surface area contributed by atoms with Gasteiger partial charge in [-0.25, -0.2) is 9.97 Å². The fourth-order valence-electron chi connectivity index (χ4n) is 1.50. The summed E-state index contributed by atoms with van der Waals surface area (Å²) in [4.78, 5) is 15.0. The fraction of sp³-hybridized carbons (Fsp3) is 0. The zero-order valence-electron chi connectivity index (χ0n) is 8.79. The van der Waals surface area contributed by atoms with Gasteiger partial charge in [0.1, 0.15) is 11.8 Å². The minimum atomic E-state index is 0.408. The highest BCUT2D eigenvalue weighted by atomic mass is 16.5. The molecule has 2 aromatic heterocycles. The SMILES string of the molecule is Nc1ccccc1Oc1ncnc2nc[nH]c12. The number of anilines is 1. The van der Waals surface area contributed by atoms with Gasteiger partial charge in [-0.3, -0.25) is 0 Å². The molecule has 0 aliphatic rings. The lowest BCUT2D eigenvalue weighted by molar-refractivity contribution is 0.469. The van der Waals surface area contributed by atoms with Crippen LogP contribution in [0.15, 0.2) is 36.9 Å². The molecule has 0 aliphatic carbocycles. The number of nitrogen functional groups attached to an aromatic ring is 1. The van der Waals surface area contributed by atoms with Crippen molar-refractivity contribution in [3.63, 3.8) is 0 Å². The van der Waals surface area contributed by atoms with Crippen LogP contribution in [0.5, 0.6) is 11.6 Å². The van der Waals surface area contributed by atoms with Crippen molar-refractivity contribution in [1.29, 1.82) is 0 Å². The van der Waals surface area contributed by atoms with Crippen LogP contribution in [0.2, 0.25) is 0 Å². The second-order valence-corrected chi connectivity index (χ2v) is 3.42. The minimum Gasteiger partial charge on any atom is -0.435 e. The topological polar surface area (TPSA) is 89.7 Å². The van der Waals surface area contributed by atoms with E-state index in [4.69, 9.17) is 10.5 Å². The number of imidazole rings is 1. The van der Waals surface area contributed by atoms with Crippen LogP contribution in [0.4, 0.5) is 5.69 Å². The Morgan fingerprint density at radius 3 is 2.88 bits per heavy atom. The number of nitrogens with zero attached hydrogens (tertiary/aromatic N) is 3. The van der Waals surface area contributed by atoms with Crippen LogP contribution in [0.3, 0.4) is 0 Å². The molecule has 84 valence electrons. The Balaban J connectivity index is 2.06. The highest BCUT2D eigenvalue weighted by Crippen LogP contribution is 2.28. The van der Waals surface area contributed by atoms with E-state index in [-0.39, 0.29) is 0 Å². The van der Waals surface area contributed by atoms with E-state index in [9.17, 15) is 0 Å². The summed E-state index contributed by atoms with van der Waals surface area (Å²) in [7, 11) is 0. The molecule has 3 aromatic rings. The van der Waals surface area contributed by atoms with Gasteiger partial charge in [0.25, 0.3) is 0 Å². The number of fused-ring (bicyclic) bond motifs is 1. The Kier molecular flexibility index (Phi) is 2.11. The molecule has 0 atom stereocenters. The third-order valence-electron chi connectivity index (χ3n) is 2.31. The number of benzene rings is 1. The molecule has 17 heavy (non-hydrogen) atoms. The standard InChI is InChI=1S/C11H9N5O/c12-7-3-1-2-4-8(7)17-11-9-10(14-5-13-9)15-6-16-11/h1-6H,12H2,(H,13,14,15,16). The second-order valence-electron chi connectivity index (χ2n) is 3.42. The summed E-state index contributed by atoms with van der Waals surface area (Å²) < 4.78 is 5.63. The normalized spacial score (nSPS) is 10.6. The maximum Gasteiger partial charge on any atom is 0.248 e. The third kappa shape index (κ3) is 1.65. The van der Waals surface area contributed by atoms with Gasteiger partial charge in [-0.2, -0.15) is 4.98 Å². The Hall–Kier alpha value is -2.63. The van der Waals surface area contributed by atoms with Crippen LogP contribution in [-0.4, -0.2) is 19.9 Å². The highest BCUT2D eigenvalue weighted by Gasteiger charge is 2.09. The first-order chi connectivity index (χ1) is 8.34. The quantitative estimate of drug-likeness (QED) is 0.650. The lowest BCUT2D eigenvalue weighted by Crippen LogP contribution is -1.94. The van der Waals surface area contributed by atoms with Crippen LogP contribution in [-0.2, 0) is 0 Å². The average Bonchev–Trinajstić information content (AvgIpc) is 2.81. The molecule has 0 bridgehead atoms. The molecule has 2 heterocycles. The fourth-order valence-corrected chi connectivity index (χ4v) is 1.50. The van der Waals surface area contributed by atoms with Gasteiger partial charge in [-0.1, -0.05) is 12.1 Å². The van der Waals surface area contributed by atoms with Crippen LogP contribution < -0.4 is 10.5 Å². The first-order valence-electron chi connectivity index (χ1n) is 5.01. The minimum absolute atomic E-state index is 0.408. The third-order valence-corrected chi connectivity index (χ3v) is 2.31. The van der Waals surface area contributed by atoms with Gasteiger partial charge in [0.15, 0.2) is 11.4 Å². The van der Waals surface area contributed by atoms with Gasteiger partial charge in [-0.05, 0) is 12.1 Å². The van der Waals surface area contributed by atoms with Crippen LogP contribution >= 0.6 is 0 Å². The molecular formula is C11H9N5O. The summed E-state index contributed by atoms with van der Waals surface area (Å²) in [6.45, 7) is 0. The van der Waals surface area contributed by atoms with Crippen molar-refractivity contribution in [2.45, 2.75) is 0 Å².